The average molecular weight is 402 g/mol. The number of rotatable bonds is 5. The van der Waals surface area contributed by atoms with Crippen molar-refractivity contribution in [1.29, 1.82) is 0 Å². The molecule has 0 aliphatic heterocycles. The molecule has 0 saturated heterocycles. The van der Waals surface area contributed by atoms with Crippen LogP contribution >= 0.6 is 24.0 Å². The van der Waals surface area contributed by atoms with Gasteiger partial charge in [-0.2, -0.15) is 0 Å². The van der Waals surface area contributed by atoms with E-state index in [4.69, 9.17) is 22.1 Å². The fraction of sp³-hybridized carbons (Fsp3) is 0.278. The molecule has 8 heteroatoms. The maximum atomic E-state index is 14.6. The van der Waals surface area contributed by atoms with Gasteiger partial charge in [0.1, 0.15) is 5.75 Å². The first-order valence-electron chi connectivity index (χ1n) is 7.83. The minimum absolute atomic E-state index is 0. The van der Waals surface area contributed by atoms with Crippen molar-refractivity contribution in [2.45, 2.75) is 19.4 Å². The van der Waals surface area contributed by atoms with E-state index in [1.165, 1.54) is 4.90 Å². The largest absolute Gasteiger partial charge is 0.453 e. The van der Waals surface area contributed by atoms with Gasteiger partial charge in [-0.25, -0.2) is 9.18 Å². The van der Waals surface area contributed by atoms with Crippen LogP contribution in [0.1, 0.15) is 24.9 Å². The summed E-state index contributed by atoms with van der Waals surface area (Å²) in [6.45, 7) is 1.87. The summed E-state index contributed by atoms with van der Waals surface area (Å²) in [5, 5.41) is 2.86. The summed E-state index contributed by atoms with van der Waals surface area (Å²) in [4.78, 5) is 13.0. The molecule has 142 valence electrons. The molecule has 0 bridgehead atoms. The normalized spacial score (nSPS) is 11.3. The lowest BCUT2D eigenvalue weighted by atomic mass is 10.0. The first kappa shape index (κ1) is 22.0. The summed E-state index contributed by atoms with van der Waals surface area (Å²) in [5.41, 5.74) is 6.87. The third-order valence-electron chi connectivity index (χ3n) is 3.65. The van der Waals surface area contributed by atoms with Gasteiger partial charge in [0, 0.05) is 31.4 Å². The van der Waals surface area contributed by atoms with Crippen LogP contribution in [0.5, 0.6) is 11.5 Å². The van der Waals surface area contributed by atoms with Crippen LogP contribution in [0.15, 0.2) is 36.4 Å². The number of nitrogens with two attached hydrogens (primary N) is 1. The van der Waals surface area contributed by atoms with Crippen LogP contribution in [0.2, 0.25) is 5.02 Å². The maximum Gasteiger partial charge on any atom is 0.321 e. The van der Waals surface area contributed by atoms with E-state index >= 15 is 0 Å². The van der Waals surface area contributed by atoms with Gasteiger partial charge in [-0.15, -0.1) is 12.4 Å². The molecule has 26 heavy (non-hydrogen) atoms. The van der Waals surface area contributed by atoms with E-state index in [1.54, 1.807) is 50.5 Å². The highest BCUT2D eigenvalue weighted by molar-refractivity contribution is 6.32. The Balaban J connectivity index is 0.00000338. The maximum absolute atomic E-state index is 14.6. The van der Waals surface area contributed by atoms with Crippen LogP contribution < -0.4 is 15.8 Å². The molecule has 0 fully saturated rings. The van der Waals surface area contributed by atoms with Crippen molar-refractivity contribution < 1.29 is 13.9 Å². The Hall–Kier alpha value is -2.02. The van der Waals surface area contributed by atoms with E-state index in [0.29, 0.717) is 23.4 Å². The molecule has 0 aliphatic rings. The zero-order valence-corrected chi connectivity index (χ0v) is 16.3. The van der Waals surface area contributed by atoms with Crippen molar-refractivity contribution in [3.63, 3.8) is 0 Å². The minimum Gasteiger partial charge on any atom is -0.453 e. The molecular formula is C18H22Cl2FN3O2. The van der Waals surface area contributed by atoms with E-state index in [9.17, 15) is 9.18 Å². The lowest BCUT2D eigenvalue weighted by molar-refractivity contribution is 0.230. The molecule has 2 rings (SSSR count). The van der Waals surface area contributed by atoms with Gasteiger partial charge in [0.05, 0.1) is 5.02 Å². The van der Waals surface area contributed by atoms with Crippen molar-refractivity contribution in [2.75, 3.05) is 19.4 Å². The van der Waals surface area contributed by atoms with E-state index < -0.39 is 11.9 Å². The summed E-state index contributed by atoms with van der Waals surface area (Å²) >= 11 is 6.07. The summed E-state index contributed by atoms with van der Waals surface area (Å²) in [7, 11) is 3.29. The van der Waals surface area contributed by atoms with Crippen molar-refractivity contribution >= 4 is 35.7 Å². The summed E-state index contributed by atoms with van der Waals surface area (Å²) in [6.07, 6.45) is 0.595. The van der Waals surface area contributed by atoms with E-state index in [1.807, 2.05) is 6.92 Å². The Morgan fingerprint density at radius 2 is 1.88 bits per heavy atom. The van der Waals surface area contributed by atoms with Crippen molar-refractivity contribution in [3.05, 3.63) is 52.8 Å². The molecule has 2 aromatic rings. The number of carbonyl (C=O) groups is 1. The number of nitrogens with zero attached hydrogens (tertiary/aromatic N) is 1. The van der Waals surface area contributed by atoms with Crippen LogP contribution in [-0.4, -0.2) is 25.0 Å². The molecule has 0 spiro atoms. The highest BCUT2D eigenvalue weighted by Crippen LogP contribution is 2.36. The molecule has 1 atom stereocenters. The standard InChI is InChI=1S/C18H21ClFN3O2.ClH/c1-4-15(21)13-9-10-14(19)17(16(13)20)25-12-7-5-11(6-8-12)22-18(24)23(2)3;/h5-10,15H,4,21H2,1-3H3,(H,22,24);1H/t15-;/m1./s1. The third-order valence-corrected chi connectivity index (χ3v) is 3.95. The molecule has 3 N–H and O–H groups in total. The summed E-state index contributed by atoms with van der Waals surface area (Å²) < 4.78 is 20.2. The molecule has 5 nitrogen and oxygen atoms in total. The second-order valence-electron chi connectivity index (χ2n) is 5.75. The molecule has 0 saturated carbocycles. The van der Waals surface area contributed by atoms with Gasteiger partial charge < -0.3 is 20.7 Å². The number of nitrogens with one attached hydrogen (secondary N) is 1. The zero-order valence-electron chi connectivity index (χ0n) is 14.8. The Morgan fingerprint density at radius 3 is 2.42 bits per heavy atom. The SMILES string of the molecule is CC[C@@H](N)c1ccc(Cl)c(Oc2ccc(NC(=O)N(C)C)cc2)c1F.Cl. The second-order valence-corrected chi connectivity index (χ2v) is 6.15. The first-order valence-corrected chi connectivity index (χ1v) is 8.21. The number of amides is 2. The molecule has 0 aromatic heterocycles. The summed E-state index contributed by atoms with van der Waals surface area (Å²) in [5.74, 6) is -0.231. The number of ether oxygens (including phenoxy) is 1. The molecule has 0 heterocycles. The summed E-state index contributed by atoms with van der Waals surface area (Å²) in [6, 6.07) is 9.01. The van der Waals surface area contributed by atoms with Gasteiger partial charge in [0.25, 0.3) is 0 Å². The highest BCUT2D eigenvalue weighted by Gasteiger charge is 2.18. The van der Waals surface area contributed by atoms with Crippen LogP contribution in [-0.2, 0) is 0 Å². The van der Waals surface area contributed by atoms with Gasteiger partial charge >= 0.3 is 6.03 Å². The molecule has 0 unspecified atom stereocenters. The van der Waals surface area contributed by atoms with Crippen molar-refractivity contribution in [2.24, 2.45) is 5.73 Å². The monoisotopic (exact) mass is 401 g/mol. The highest BCUT2D eigenvalue weighted by atomic mass is 35.5. The quantitative estimate of drug-likeness (QED) is 0.723. The van der Waals surface area contributed by atoms with E-state index in [2.05, 4.69) is 5.32 Å². The molecule has 2 aromatic carbocycles. The molecular weight excluding hydrogens is 380 g/mol. The van der Waals surface area contributed by atoms with Crippen molar-refractivity contribution in [3.8, 4) is 11.5 Å². The first-order chi connectivity index (χ1) is 11.8. The number of carbonyl (C=O) groups excluding carboxylic acids is 1. The van der Waals surface area contributed by atoms with Gasteiger partial charge in [0.15, 0.2) is 11.6 Å². The smallest absolute Gasteiger partial charge is 0.321 e. The van der Waals surface area contributed by atoms with Gasteiger partial charge in [-0.1, -0.05) is 24.6 Å². The third kappa shape index (κ3) is 5.24. The predicted octanol–water partition coefficient (Wildman–Crippen LogP) is 5.20. The number of benzene rings is 2. The minimum atomic E-state index is -0.563. The van der Waals surface area contributed by atoms with Crippen LogP contribution in [0.4, 0.5) is 14.9 Å². The molecule has 0 radical (unpaired) electrons. The number of anilines is 1. The Bertz CT molecular complexity index is 755. The second kappa shape index (κ2) is 9.62. The number of hydrogen-bond acceptors (Lipinski definition) is 3. The zero-order chi connectivity index (χ0) is 18.6. The topological polar surface area (TPSA) is 67.6 Å². The Morgan fingerprint density at radius 1 is 1.27 bits per heavy atom. The molecule has 2 amide bonds. The van der Waals surface area contributed by atoms with E-state index in [0.717, 1.165) is 0 Å². The number of hydrogen-bond donors (Lipinski definition) is 2. The fourth-order valence-electron chi connectivity index (χ4n) is 2.11. The Labute approximate surface area is 163 Å². The molecule has 0 aliphatic carbocycles. The van der Waals surface area contributed by atoms with Crippen molar-refractivity contribution in [1.82, 2.24) is 4.90 Å². The fourth-order valence-corrected chi connectivity index (χ4v) is 2.29. The van der Waals surface area contributed by atoms with Gasteiger partial charge in [-0.3, -0.25) is 0 Å². The van der Waals surface area contributed by atoms with Crippen LogP contribution in [0.3, 0.4) is 0 Å². The lowest BCUT2D eigenvalue weighted by Gasteiger charge is -2.16. The van der Waals surface area contributed by atoms with Gasteiger partial charge in [-0.05, 0) is 36.8 Å². The number of urea groups is 1. The van der Waals surface area contributed by atoms with Crippen LogP contribution in [0, 0.1) is 5.82 Å². The lowest BCUT2D eigenvalue weighted by Crippen LogP contribution is -2.27. The number of halogens is 3. The van der Waals surface area contributed by atoms with Gasteiger partial charge in [0.2, 0.25) is 0 Å². The average Bonchev–Trinajstić information content (AvgIpc) is 2.59. The van der Waals surface area contributed by atoms with Crippen LogP contribution in [0.25, 0.3) is 0 Å². The predicted molar refractivity (Wildman–Crippen MR) is 105 cm³/mol. The van der Waals surface area contributed by atoms with E-state index in [-0.39, 0.29) is 29.2 Å². The Kier molecular flexibility index (Phi) is 8.14.